The number of rotatable bonds is 3. The number of piperidine rings is 1. The SMILES string of the molecule is O=C(C1CCNC1)N1CCCC(CN2CCOCC2)C1. The Bertz CT molecular complexity index is 325. The molecular weight excluding hydrogens is 254 g/mol. The molecule has 3 heterocycles. The highest BCUT2D eigenvalue weighted by atomic mass is 16.5. The maximum absolute atomic E-state index is 12.5. The number of morpholine rings is 1. The Morgan fingerprint density at radius 2 is 2.05 bits per heavy atom. The Hall–Kier alpha value is -0.650. The Labute approximate surface area is 121 Å². The maximum Gasteiger partial charge on any atom is 0.227 e. The van der Waals surface area contributed by atoms with E-state index in [-0.39, 0.29) is 5.92 Å². The third kappa shape index (κ3) is 3.51. The van der Waals surface area contributed by atoms with E-state index in [4.69, 9.17) is 4.74 Å². The van der Waals surface area contributed by atoms with Crippen LogP contribution in [0.1, 0.15) is 19.3 Å². The molecule has 1 amide bonds. The van der Waals surface area contributed by atoms with Crippen LogP contribution >= 0.6 is 0 Å². The molecule has 114 valence electrons. The normalized spacial score (nSPS) is 32.5. The molecule has 5 heteroatoms. The Balaban J connectivity index is 1.49. The highest BCUT2D eigenvalue weighted by Crippen LogP contribution is 2.21. The minimum atomic E-state index is 0.233. The number of ether oxygens (including phenoxy) is 1. The quantitative estimate of drug-likeness (QED) is 0.801. The Kier molecular flexibility index (Phi) is 4.91. The van der Waals surface area contributed by atoms with Gasteiger partial charge in [0.15, 0.2) is 0 Å². The van der Waals surface area contributed by atoms with Gasteiger partial charge in [-0.05, 0) is 31.7 Å². The summed E-state index contributed by atoms with van der Waals surface area (Å²) in [6.07, 6.45) is 3.45. The van der Waals surface area contributed by atoms with Crippen LogP contribution in [-0.4, -0.2) is 74.7 Å². The van der Waals surface area contributed by atoms with E-state index in [0.717, 1.165) is 65.4 Å². The summed E-state index contributed by atoms with van der Waals surface area (Å²) in [6, 6.07) is 0. The summed E-state index contributed by atoms with van der Waals surface area (Å²) in [4.78, 5) is 17.1. The van der Waals surface area contributed by atoms with Crippen molar-refractivity contribution in [2.75, 3.05) is 59.0 Å². The monoisotopic (exact) mass is 281 g/mol. The second-order valence-electron chi connectivity index (χ2n) is 6.40. The zero-order chi connectivity index (χ0) is 13.8. The molecule has 0 aromatic heterocycles. The van der Waals surface area contributed by atoms with Crippen LogP contribution in [0.25, 0.3) is 0 Å². The smallest absolute Gasteiger partial charge is 0.227 e. The minimum absolute atomic E-state index is 0.233. The molecule has 2 unspecified atom stereocenters. The van der Waals surface area contributed by atoms with Gasteiger partial charge in [0.1, 0.15) is 0 Å². The summed E-state index contributed by atoms with van der Waals surface area (Å²) in [7, 11) is 0. The topological polar surface area (TPSA) is 44.8 Å². The molecule has 5 nitrogen and oxygen atoms in total. The van der Waals surface area contributed by atoms with Gasteiger partial charge in [-0.1, -0.05) is 0 Å². The Morgan fingerprint density at radius 3 is 2.80 bits per heavy atom. The number of carbonyl (C=O) groups excluding carboxylic acids is 1. The zero-order valence-corrected chi connectivity index (χ0v) is 12.4. The highest BCUT2D eigenvalue weighted by Gasteiger charge is 2.31. The summed E-state index contributed by atoms with van der Waals surface area (Å²) in [5.74, 6) is 1.28. The first kappa shape index (κ1) is 14.3. The van der Waals surface area contributed by atoms with Crippen LogP contribution in [0.5, 0.6) is 0 Å². The van der Waals surface area contributed by atoms with E-state index < -0.39 is 0 Å². The summed E-state index contributed by atoms with van der Waals surface area (Å²) in [5, 5.41) is 3.30. The molecule has 3 aliphatic rings. The number of likely N-dealkylation sites (tertiary alicyclic amines) is 1. The summed E-state index contributed by atoms with van der Waals surface area (Å²) < 4.78 is 5.40. The van der Waals surface area contributed by atoms with Gasteiger partial charge in [-0.25, -0.2) is 0 Å². The van der Waals surface area contributed by atoms with Gasteiger partial charge in [0, 0.05) is 39.3 Å². The van der Waals surface area contributed by atoms with Crippen molar-refractivity contribution >= 4 is 5.91 Å². The van der Waals surface area contributed by atoms with Crippen molar-refractivity contribution < 1.29 is 9.53 Å². The van der Waals surface area contributed by atoms with E-state index in [1.165, 1.54) is 12.8 Å². The number of nitrogens with one attached hydrogen (secondary N) is 1. The largest absolute Gasteiger partial charge is 0.379 e. The molecule has 2 atom stereocenters. The molecule has 1 N–H and O–H groups in total. The van der Waals surface area contributed by atoms with E-state index in [9.17, 15) is 4.79 Å². The van der Waals surface area contributed by atoms with Crippen LogP contribution in [-0.2, 0) is 9.53 Å². The van der Waals surface area contributed by atoms with Gasteiger partial charge in [-0.2, -0.15) is 0 Å². The summed E-state index contributed by atoms with van der Waals surface area (Å²) in [5.41, 5.74) is 0. The lowest BCUT2D eigenvalue weighted by molar-refractivity contribution is -0.137. The lowest BCUT2D eigenvalue weighted by Crippen LogP contribution is -2.47. The molecular formula is C15H27N3O2. The molecule has 0 bridgehead atoms. The lowest BCUT2D eigenvalue weighted by atomic mass is 9.95. The van der Waals surface area contributed by atoms with E-state index >= 15 is 0 Å². The van der Waals surface area contributed by atoms with Crippen molar-refractivity contribution in [3.63, 3.8) is 0 Å². The van der Waals surface area contributed by atoms with Gasteiger partial charge < -0.3 is 15.0 Å². The molecule has 3 fully saturated rings. The molecule has 0 saturated carbocycles. The maximum atomic E-state index is 12.5. The molecule has 0 aliphatic carbocycles. The van der Waals surface area contributed by atoms with Crippen LogP contribution in [0.15, 0.2) is 0 Å². The summed E-state index contributed by atoms with van der Waals surface area (Å²) in [6.45, 7) is 8.78. The fourth-order valence-electron chi connectivity index (χ4n) is 3.69. The van der Waals surface area contributed by atoms with Crippen molar-refractivity contribution in [2.45, 2.75) is 19.3 Å². The second-order valence-corrected chi connectivity index (χ2v) is 6.40. The molecule has 3 aliphatic heterocycles. The molecule has 0 spiro atoms. The molecule has 20 heavy (non-hydrogen) atoms. The van der Waals surface area contributed by atoms with E-state index in [1.54, 1.807) is 0 Å². The predicted octanol–water partition coefficient (Wildman–Crippen LogP) is 0.167. The molecule has 0 radical (unpaired) electrons. The van der Waals surface area contributed by atoms with Crippen molar-refractivity contribution in [1.82, 2.24) is 15.1 Å². The molecule has 0 aromatic carbocycles. The fraction of sp³-hybridized carbons (Fsp3) is 0.933. The standard InChI is InChI=1S/C15H27N3O2/c19-15(14-3-4-16-10-14)18-5-1-2-13(12-18)11-17-6-8-20-9-7-17/h13-14,16H,1-12H2. The number of nitrogens with zero attached hydrogens (tertiary/aromatic N) is 2. The van der Waals surface area contributed by atoms with Crippen LogP contribution in [0.2, 0.25) is 0 Å². The highest BCUT2D eigenvalue weighted by molar-refractivity contribution is 5.79. The van der Waals surface area contributed by atoms with Crippen LogP contribution in [0.3, 0.4) is 0 Å². The van der Waals surface area contributed by atoms with E-state index in [1.807, 2.05) is 0 Å². The van der Waals surface area contributed by atoms with Gasteiger partial charge in [0.05, 0.1) is 19.1 Å². The number of carbonyl (C=O) groups is 1. The van der Waals surface area contributed by atoms with Crippen molar-refractivity contribution in [2.24, 2.45) is 11.8 Å². The number of hydrogen-bond acceptors (Lipinski definition) is 4. The average molecular weight is 281 g/mol. The van der Waals surface area contributed by atoms with Gasteiger partial charge in [0.25, 0.3) is 0 Å². The third-order valence-electron chi connectivity index (χ3n) is 4.86. The fourth-order valence-corrected chi connectivity index (χ4v) is 3.69. The van der Waals surface area contributed by atoms with E-state index in [2.05, 4.69) is 15.1 Å². The molecule has 3 rings (SSSR count). The Morgan fingerprint density at radius 1 is 1.20 bits per heavy atom. The second kappa shape index (κ2) is 6.87. The van der Waals surface area contributed by atoms with Crippen molar-refractivity contribution in [3.05, 3.63) is 0 Å². The molecule has 3 saturated heterocycles. The predicted molar refractivity (Wildman–Crippen MR) is 77.5 cm³/mol. The van der Waals surface area contributed by atoms with Gasteiger partial charge >= 0.3 is 0 Å². The van der Waals surface area contributed by atoms with Gasteiger partial charge in [0.2, 0.25) is 5.91 Å². The number of amides is 1. The number of hydrogen-bond donors (Lipinski definition) is 1. The first-order valence-electron chi connectivity index (χ1n) is 8.12. The van der Waals surface area contributed by atoms with E-state index in [0.29, 0.717) is 11.8 Å². The lowest BCUT2D eigenvalue weighted by Gasteiger charge is -2.37. The average Bonchev–Trinajstić information content (AvgIpc) is 3.02. The van der Waals surface area contributed by atoms with Crippen LogP contribution in [0.4, 0.5) is 0 Å². The first-order valence-corrected chi connectivity index (χ1v) is 8.12. The van der Waals surface area contributed by atoms with Crippen molar-refractivity contribution in [3.8, 4) is 0 Å². The molecule has 0 aromatic rings. The van der Waals surface area contributed by atoms with Crippen LogP contribution < -0.4 is 5.32 Å². The minimum Gasteiger partial charge on any atom is -0.379 e. The van der Waals surface area contributed by atoms with Crippen molar-refractivity contribution in [1.29, 1.82) is 0 Å². The summed E-state index contributed by atoms with van der Waals surface area (Å²) >= 11 is 0. The zero-order valence-electron chi connectivity index (χ0n) is 12.4. The first-order chi connectivity index (χ1) is 9.83. The van der Waals surface area contributed by atoms with Gasteiger partial charge in [-0.15, -0.1) is 0 Å². The third-order valence-corrected chi connectivity index (χ3v) is 4.86. The van der Waals surface area contributed by atoms with Gasteiger partial charge in [-0.3, -0.25) is 9.69 Å². The van der Waals surface area contributed by atoms with Crippen LogP contribution in [0, 0.1) is 11.8 Å².